The van der Waals surface area contributed by atoms with Gasteiger partial charge in [-0.1, -0.05) is 26.8 Å². The van der Waals surface area contributed by atoms with Gasteiger partial charge in [-0.3, -0.25) is 10.0 Å². The zero-order valence-electron chi connectivity index (χ0n) is 24.6. The van der Waals surface area contributed by atoms with Crippen molar-refractivity contribution in [3.8, 4) is 17.2 Å². The van der Waals surface area contributed by atoms with E-state index in [1.54, 1.807) is 4.68 Å². The number of hydrogen-bond donors (Lipinski definition) is 3. The van der Waals surface area contributed by atoms with Crippen LogP contribution in [0, 0.1) is 5.82 Å². The predicted octanol–water partition coefficient (Wildman–Crippen LogP) is 5.50. The topological polar surface area (TPSA) is 130 Å². The first-order valence-electron chi connectivity index (χ1n) is 13.6. The van der Waals surface area contributed by atoms with Crippen LogP contribution in [0.5, 0.6) is 11.5 Å². The van der Waals surface area contributed by atoms with E-state index in [0.29, 0.717) is 5.82 Å². The Kier molecular flexibility index (Phi) is 8.12. The molecule has 0 fully saturated rings. The zero-order valence-corrected chi connectivity index (χ0v) is 25.4. The number of urea groups is 1. The molecule has 0 saturated heterocycles. The number of fused-ring (bicyclic) bond motifs is 1. The molecule has 0 atom stereocenters. The summed E-state index contributed by atoms with van der Waals surface area (Å²) >= 11 is 0. The molecule has 0 unspecified atom stereocenters. The van der Waals surface area contributed by atoms with Gasteiger partial charge in [-0.25, -0.2) is 27.3 Å². The average molecular weight is 608 g/mol. The summed E-state index contributed by atoms with van der Waals surface area (Å²) < 4.78 is 47.5. The van der Waals surface area contributed by atoms with Crippen molar-refractivity contribution in [1.82, 2.24) is 19.7 Å². The standard InChI is InChI=1S/C30H34FN7O4S/c1-30(2,3)26-17-28(38(35-26)21-7-6-20-18-37(4)13-11-19(20)14-21)34-29(39)33-25-9-8-22(15-24(25)31)42-23-10-12-32-27(16-23)36-43(5,40)41/h6-10,12,14-17H,11,13,18H2,1-5H3,(H,32,36)(H2,33,34,39). The Morgan fingerprint density at radius 2 is 1.77 bits per heavy atom. The van der Waals surface area contributed by atoms with Crippen LogP contribution in [0.15, 0.2) is 60.8 Å². The van der Waals surface area contributed by atoms with Gasteiger partial charge in [-0.15, -0.1) is 0 Å². The monoisotopic (exact) mass is 607 g/mol. The lowest BCUT2D eigenvalue weighted by Gasteiger charge is -2.25. The third-order valence-corrected chi connectivity index (χ3v) is 7.38. The van der Waals surface area contributed by atoms with E-state index >= 15 is 0 Å². The van der Waals surface area contributed by atoms with Crippen molar-refractivity contribution < 1.29 is 22.3 Å². The van der Waals surface area contributed by atoms with Crippen molar-refractivity contribution in [3.63, 3.8) is 0 Å². The fraction of sp³-hybridized carbons (Fsp3) is 0.300. The summed E-state index contributed by atoms with van der Waals surface area (Å²) in [6.45, 7) is 7.98. The highest BCUT2D eigenvalue weighted by Crippen LogP contribution is 2.30. The van der Waals surface area contributed by atoms with Crippen molar-refractivity contribution in [2.24, 2.45) is 0 Å². The maximum absolute atomic E-state index is 15.0. The Hall–Kier alpha value is -4.49. The Labute approximate surface area is 250 Å². The van der Waals surface area contributed by atoms with E-state index in [9.17, 15) is 17.6 Å². The first-order valence-corrected chi connectivity index (χ1v) is 15.5. The highest BCUT2D eigenvalue weighted by molar-refractivity contribution is 7.92. The number of rotatable bonds is 7. The van der Waals surface area contributed by atoms with Gasteiger partial charge in [0.15, 0.2) is 0 Å². The molecule has 13 heteroatoms. The fourth-order valence-corrected chi connectivity index (χ4v) is 5.12. The number of sulfonamides is 1. The normalized spacial score (nSPS) is 13.7. The van der Waals surface area contributed by atoms with Crippen LogP contribution < -0.4 is 20.1 Å². The second kappa shape index (κ2) is 11.7. The maximum Gasteiger partial charge on any atom is 0.324 e. The van der Waals surface area contributed by atoms with Crippen molar-refractivity contribution in [2.75, 3.05) is 35.2 Å². The molecule has 2 amide bonds. The molecule has 11 nitrogen and oxygen atoms in total. The lowest BCUT2D eigenvalue weighted by molar-refractivity contribution is 0.262. The summed E-state index contributed by atoms with van der Waals surface area (Å²) in [5, 5.41) is 10.2. The van der Waals surface area contributed by atoms with E-state index < -0.39 is 21.9 Å². The molecular formula is C30H34FN7O4S. The molecule has 43 heavy (non-hydrogen) atoms. The van der Waals surface area contributed by atoms with Crippen LogP contribution in [0.4, 0.5) is 26.5 Å². The minimum absolute atomic E-state index is 0.0565. The first-order chi connectivity index (χ1) is 20.2. The molecule has 2 aromatic carbocycles. The van der Waals surface area contributed by atoms with Crippen molar-refractivity contribution in [3.05, 3.63) is 83.4 Å². The van der Waals surface area contributed by atoms with Gasteiger partial charge < -0.3 is 15.0 Å². The third-order valence-electron chi connectivity index (χ3n) is 6.80. The zero-order chi connectivity index (χ0) is 30.9. The molecule has 5 rings (SSSR count). The van der Waals surface area contributed by atoms with Gasteiger partial charge in [0.05, 0.1) is 23.3 Å². The number of pyridine rings is 1. The van der Waals surface area contributed by atoms with E-state index in [0.717, 1.165) is 43.2 Å². The maximum atomic E-state index is 15.0. The predicted molar refractivity (Wildman–Crippen MR) is 164 cm³/mol. The van der Waals surface area contributed by atoms with Crippen LogP contribution in [0.1, 0.15) is 37.6 Å². The molecule has 0 aliphatic carbocycles. The van der Waals surface area contributed by atoms with Crippen LogP contribution in [0.3, 0.4) is 0 Å². The number of hydrogen-bond acceptors (Lipinski definition) is 7. The number of nitrogens with one attached hydrogen (secondary N) is 3. The van der Waals surface area contributed by atoms with Crippen LogP contribution in [-0.4, -0.2) is 54.0 Å². The SMILES string of the molecule is CN1CCc2cc(-n3nc(C(C)(C)C)cc3NC(=O)Nc3ccc(Oc4ccnc(NS(C)(=O)=O)c4)cc3F)ccc2C1. The quantitative estimate of drug-likeness (QED) is 0.253. The number of likely N-dealkylation sites (N-methyl/N-ethyl adjacent to an activating group) is 1. The first kappa shape index (κ1) is 30.0. The van der Waals surface area contributed by atoms with Crippen LogP contribution in [-0.2, 0) is 28.4 Å². The highest BCUT2D eigenvalue weighted by atomic mass is 32.2. The van der Waals surface area contributed by atoms with E-state index in [1.165, 1.54) is 41.6 Å². The van der Waals surface area contributed by atoms with Crippen molar-refractivity contribution >= 4 is 33.4 Å². The summed E-state index contributed by atoms with van der Waals surface area (Å²) in [4.78, 5) is 19.2. The van der Waals surface area contributed by atoms with Gasteiger partial charge in [0.25, 0.3) is 0 Å². The van der Waals surface area contributed by atoms with Gasteiger partial charge in [-0.2, -0.15) is 5.10 Å². The average Bonchev–Trinajstić information content (AvgIpc) is 3.33. The minimum Gasteiger partial charge on any atom is -0.457 e. The smallest absolute Gasteiger partial charge is 0.324 e. The molecule has 226 valence electrons. The second-order valence-electron chi connectivity index (χ2n) is 11.6. The Balaban J connectivity index is 1.32. The van der Waals surface area contributed by atoms with Gasteiger partial charge >= 0.3 is 6.03 Å². The Morgan fingerprint density at radius 1 is 1.00 bits per heavy atom. The molecule has 3 heterocycles. The lowest BCUT2D eigenvalue weighted by atomic mass is 9.92. The van der Waals surface area contributed by atoms with Crippen LogP contribution in [0.25, 0.3) is 5.69 Å². The lowest BCUT2D eigenvalue weighted by Crippen LogP contribution is -2.26. The Morgan fingerprint density at radius 3 is 2.49 bits per heavy atom. The third kappa shape index (κ3) is 7.48. The van der Waals surface area contributed by atoms with Crippen molar-refractivity contribution in [2.45, 2.75) is 39.2 Å². The summed E-state index contributed by atoms with van der Waals surface area (Å²) in [5.74, 6) is 0.182. The molecular weight excluding hydrogens is 573 g/mol. The molecule has 0 saturated carbocycles. The summed E-state index contributed by atoms with van der Waals surface area (Å²) in [6, 6.07) is 14.2. The molecule has 4 aromatic rings. The molecule has 1 aliphatic rings. The van der Waals surface area contributed by atoms with E-state index in [1.807, 2.05) is 32.9 Å². The summed E-state index contributed by atoms with van der Waals surface area (Å²) in [7, 11) is -1.43. The number of halogens is 1. The van der Waals surface area contributed by atoms with Gasteiger partial charge in [0.1, 0.15) is 29.0 Å². The highest BCUT2D eigenvalue weighted by Gasteiger charge is 2.23. The van der Waals surface area contributed by atoms with Crippen LogP contribution in [0.2, 0.25) is 0 Å². The molecule has 3 N–H and O–H groups in total. The number of nitrogens with zero attached hydrogens (tertiary/aromatic N) is 4. The van der Waals surface area contributed by atoms with Gasteiger partial charge in [-0.05, 0) is 54.9 Å². The molecule has 0 radical (unpaired) electrons. The largest absolute Gasteiger partial charge is 0.457 e. The van der Waals surface area contributed by atoms with E-state index in [4.69, 9.17) is 9.84 Å². The number of amides is 2. The number of carbonyl (C=O) groups excluding carboxylic acids is 1. The number of ether oxygens (including phenoxy) is 1. The number of benzene rings is 2. The number of anilines is 3. The Bertz CT molecular complexity index is 1780. The molecule has 1 aliphatic heterocycles. The fourth-order valence-electron chi connectivity index (χ4n) is 4.63. The van der Waals surface area contributed by atoms with Crippen molar-refractivity contribution in [1.29, 1.82) is 0 Å². The number of carbonyl (C=O) groups is 1. The summed E-state index contributed by atoms with van der Waals surface area (Å²) in [6.07, 6.45) is 3.29. The minimum atomic E-state index is -3.52. The molecule has 2 aromatic heterocycles. The second-order valence-corrected chi connectivity index (χ2v) is 13.3. The molecule has 0 bridgehead atoms. The van der Waals surface area contributed by atoms with Crippen LogP contribution >= 0.6 is 0 Å². The van der Waals surface area contributed by atoms with E-state index in [2.05, 4.69) is 44.4 Å². The van der Waals surface area contributed by atoms with Gasteiger partial charge in [0, 0.05) is 42.9 Å². The van der Waals surface area contributed by atoms with E-state index in [-0.39, 0.29) is 28.4 Å². The molecule has 0 spiro atoms. The number of aromatic nitrogens is 3. The summed E-state index contributed by atoms with van der Waals surface area (Å²) in [5.41, 5.74) is 3.81. The van der Waals surface area contributed by atoms with Gasteiger partial charge in [0.2, 0.25) is 10.0 Å².